The highest BCUT2D eigenvalue weighted by atomic mass is 16.5. The van der Waals surface area contributed by atoms with E-state index >= 15 is 0 Å². The van der Waals surface area contributed by atoms with Crippen LogP contribution in [0.25, 0.3) is 0 Å². The number of carbonyl (C=O) groups excluding carboxylic acids is 2. The Morgan fingerprint density at radius 1 is 0.931 bits per heavy atom. The quantitative estimate of drug-likeness (QED) is 0.568. The average molecular weight is 399 g/mol. The molecule has 2 aromatic rings. The first kappa shape index (κ1) is 22.1. The highest BCUT2D eigenvalue weighted by molar-refractivity contribution is 5.96. The number of hydrogen-bond donors (Lipinski definition) is 3. The standard InChI is InChI=1S/C22H29N3O4/c1-5-23-22(27)16-9-8-15(4)18(12-16)24-14-21(26)25-17-10-11-19(28-6-2)20(13-17)29-7-3/h8-13,24H,5-7,14H2,1-4H3,(H,23,27)(H,25,26). The fraction of sp³-hybridized carbons (Fsp3) is 0.364. The zero-order valence-corrected chi connectivity index (χ0v) is 17.4. The molecule has 7 heteroatoms. The number of aryl methyl sites for hydroxylation is 1. The molecule has 0 heterocycles. The maximum atomic E-state index is 12.4. The summed E-state index contributed by atoms with van der Waals surface area (Å²) in [6.45, 7) is 9.24. The lowest BCUT2D eigenvalue weighted by Crippen LogP contribution is -2.24. The van der Waals surface area contributed by atoms with Crippen LogP contribution in [0.3, 0.4) is 0 Å². The Bertz CT molecular complexity index is 852. The molecule has 2 amide bonds. The number of rotatable bonds is 10. The number of ether oxygens (including phenoxy) is 2. The summed E-state index contributed by atoms with van der Waals surface area (Å²) in [5, 5.41) is 8.70. The van der Waals surface area contributed by atoms with Gasteiger partial charge in [0.15, 0.2) is 11.5 Å². The minimum Gasteiger partial charge on any atom is -0.490 e. The predicted octanol–water partition coefficient (Wildman–Crippen LogP) is 3.59. The summed E-state index contributed by atoms with van der Waals surface area (Å²) in [6, 6.07) is 10.7. The van der Waals surface area contributed by atoms with Gasteiger partial charge in [-0.25, -0.2) is 0 Å². The minimum atomic E-state index is -0.209. The van der Waals surface area contributed by atoms with E-state index in [4.69, 9.17) is 9.47 Å². The number of amides is 2. The van der Waals surface area contributed by atoms with Crippen molar-refractivity contribution in [3.8, 4) is 11.5 Å². The van der Waals surface area contributed by atoms with Gasteiger partial charge in [0.1, 0.15) is 0 Å². The van der Waals surface area contributed by atoms with E-state index in [2.05, 4.69) is 16.0 Å². The highest BCUT2D eigenvalue weighted by Gasteiger charge is 2.11. The molecule has 0 saturated heterocycles. The van der Waals surface area contributed by atoms with E-state index in [1.54, 1.807) is 30.3 Å². The van der Waals surface area contributed by atoms with Crippen molar-refractivity contribution < 1.29 is 19.1 Å². The molecule has 0 radical (unpaired) electrons. The van der Waals surface area contributed by atoms with Crippen LogP contribution in [0, 0.1) is 6.92 Å². The van der Waals surface area contributed by atoms with Crippen LogP contribution in [0.1, 0.15) is 36.7 Å². The Balaban J connectivity index is 2.02. The van der Waals surface area contributed by atoms with Gasteiger partial charge < -0.3 is 25.4 Å². The number of anilines is 2. The highest BCUT2D eigenvalue weighted by Crippen LogP contribution is 2.30. The molecule has 0 aliphatic heterocycles. The zero-order chi connectivity index (χ0) is 21.2. The molecule has 0 atom stereocenters. The van der Waals surface area contributed by atoms with E-state index in [1.807, 2.05) is 33.8 Å². The van der Waals surface area contributed by atoms with Crippen LogP contribution in [0.2, 0.25) is 0 Å². The van der Waals surface area contributed by atoms with Crippen molar-refractivity contribution in [1.82, 2.24) is 5.32 Å². The Hall–Kier alpha value is -3.22. The number of carbonyl (C=O) groups is 2. The summed E-state index contributed by atoms with van der Waals surface area (Å²) < 4.78 is 11.1. The third-order valence-electron chi connectivity index (χ3n) is 4.10. The molecule has 0 aromatic heterocycles. The van der Waals surface area contributed by atoms with Gasteiger partial charge >= 0.3 is 0 Å². The molecule has 3 N–H and O–H groups in total. The number of benzene rings is 2. The maximum Gasteiger partial charge on any atom is 0.251 e. The number of nitrogens with one attached hydrogen (secondary N) is 3. The Morgan fingerprint density at radius 2 is 1.66 bits per heavy atom. The second-order valence-electron chi connectivity index (χ2n) is 6.32. The van der Waals surface area contributed by atoms with E-state index in [1.165, 1.54) is 0 Å². The van der Waals surface area contributed by atoms with Gasteiger partial charge in [0.25, 0.3) is 5.91 Å². The van der Waals surface area contributed by atoms with Crippen molar-refractivity contribution in [2.24, 2.45) is 0 Å². The first-order valence-corrected chi connectivity index (χ1v) is 9.80. The van der Waals surface area contributed by atoms with Crippen LogP contribution in [-0.2, 0) is 4.79 Å². The van der Waals surface area contributed by atoms with Crippen molar-refractivity contribution in [3.63, 3.8) is 0 Å². The topological polar surface area (TPSA) is 88.7 Å². The summed E-state index contributed by atoms with van der Waals surface area (Å²) in [7, 11) is 0. The van der Waals surface area contributed by atoms with Crippen molar-refractivity contribution in [1.29, 1.82) is 0 Å². The lowest BCUT2D eigenvalue weighted by molar-refractivity contribution is -0.114. The van der Waals surface area contributed by atoms with Crippen molar-refractivity contribution in [2.75, 3.05) is 36.9 Å². The SMILES string of the molecule is CCNC(=O)c1ccc(C)c(NCC(=O)Nc2ccc(OCC)c(OCC)c2)c1. The molecule has 0 bridgehead atoms. The Morgan fingerprint density at radius 3 is 2.34 bits per heavy atom. The molecule has 29 heavy (non-hydrogen) atoms. The third kappa shape index (κ3) is 6.41. The third-order valence-corrected chi connectivity index (χ3v) is 4.10. The fourth-order valence-corrected chi connectivity index (χ4v) is 2.73. The molecule has 2 aromatic carbocycles. The Labute approximate surface area is 171 Å². The van der Waals surface area contributed by atoms with Crippen LogP contribution in [-0.4, -0.2) is 38.1 Å². The van der Waals surface area contributed by atoms with Gasteiger partial charge in [0.05, 0.1) is 19.8 Å². The van der Waals surface area contributed by atoms with Crippen LogP contribution in [0.5, 0.6) is 11.5 Å². The van der Waals surface area contributed by atoms with Crippen molar-refractivity contribution in [2.45, 2.75) is 27.7 Å². The van der Waals surface area contributed by atoms with Gasteiger partial charge in [-0.05, 0) is 57.5 Å². The molecule has 0 spiro atoms. The summed E-state index contributed by atoms with van der Waals surface area (Å²) >= 11 is 0. The van der Waals surface area contributed by atoms with Gasteiger partial charge in [-0.15, -0.1) is 0 Å². The van der Waals surface area contributed by atoms with E-state index in [0.717, 1.165) is 11.3 Å². The molecule has 0 aliphatic carbocycles. The van der Waals surface area contributed by atoms with Gasteiger partial charge in [-0.2, -0.15) is 0 Å². The summed E-state index contributed by atoms with van der Waals surface area (Å²) in [4.78, 5) is 24.4. The summed E-state index contributed by atoms with van der Waals surface area (Å²) in [5.41, 5.74) is 2.86. The van der Waals surface area contributed by atoms with E-state index < -0.39 is 0 Å². The van der Waals surface area contributed by atoms with Gasteiger partial charge in [-0.3, -0.25) is 9.59 Å². The van der Waals surface area contributed by atoms with Gasteiger partial charge in [0, 0.05) is 29.5 Å². The van der Waals surface area contributed by atoms with Crippen LogP contribution in [0.4, 0.5) is 11.4 Å². The smallest absolute Gasteiger partial charge is 0.251 e. The average Bonchev–Trinajstić information content (AvgIpc) is 2.70. The fourth-order valence-electron chi connectivity index (χ4n) is 2.73. The normalized spacial score (nSPS) is 10.2. The second-order valence-corrected chi connectivity index (χ2v) is 6.32. The molecule has 0 aliphatic rings. The summed E-state index contributed by atoms with van der Waals surface area (Å²) in [5.74, 6) is 0.881. The first-order valence-electron chi connectivity index (χ1n) is 9.80. The molecular weight excluding hydrogens is 370 g/mol. The molecule has 7 nitrogen and oxygen atoms in total. The Kier molecular flexibility index (Phi) is 8.33. The van der Waals surface area contributed by atoms with Crippen LogP contribution < -0.4 is 25.4 Å². The van der Waals surface area contributed by atoms with Gasteiger partial charge in [-0.1, -0.05) is 6.07 Å². The van der Waals surface area contributed by atoms with E-state index in [0.29, 0.717) is 42.5 Å². The lowest BCUT2D eigenvalue weighted by Gasteiger charge is -2.14. The largest absolute Gasteiger partial charge is 0.490 e. The lowest BCUT2D eigenvalue weighted by atomic mass is 10.1. The molecule has 2 rings (SSSR count). The molecule has 0 fully saturated rings. The molecule has 0 unspecified atom stereocenters. The second kappa shape index (κ2) is 10.9. The van der Waals surface area contributed by atoms with E-state index in [9.17, 15) is 9.59 Å². The summed E-state index contributed by atoms with van der Waals surface area (Å²) in [6.07, 6.45) is 0. The molecule has 156 valence electrons. The zero-order valence-electron chi connectivity index (χ0n) is 17.4. The minimum absolute atomic E-state index is 0.0663. The van der Waals surface area contributed by atoms with Crippen molar-refractivity contribution in [3.05, 3.63) is 47.5 Å². The predicted molar refractivity (Wildman–Crippen MR) is 115 cm³/mol. The number of hydrogen-bond acceptors (Lipinski definition) is 5. The monoisotopic (exact) mass is 399 g/mol. The van der Waals surface area contributed by atoms with Crippen LogP contribution in [0.15, 0.2) is 36.4 Å². The van der Waals surface area contributed by atoms with Gasteiger partial charge in [0.2, 0.25) is 5.91 Å². The maximum absolute atomic E-state index is 12.4. The van der Waals surface area contributed by atoms with E-state index in [-0.39, 0.29) is 18.4 Å². The molecular formula is C22H29N3O4. The first-order chi connectivity index (χ1) is 14.0. The molecule has 0 saturated carbocycles. The van der Waals surface area contributed by atoms with Crippen LogP contribution >= 0.6 is 0 Å². The van der Waals surface area contributed by atoms with Crippen molar-refractivity contribution >= 4 is 23.2 Å².